The van der Waals surface area contributed by atoms with Gasteiger partial charge in [0.05, 0.1) is 21.6 Å². The van der Waals surface area contributed by atoms with Crippen molar-refractivity contribution in [2.45, 2.75) is 0 Å². The first-order valence-electron chi connectivity index (χ1n) is 5.32. The topological polar surface area (TPSA) is 76.2 Å². The van der Waals surface area contributed by atoms with Gasteiger partial charge in [-0.05, 0) is 24.3 Å². The number of ether oxygens (including phenoxy) is 1. The Bertz CT molecular complexity index is 728. The second-order valence-electron chi connectivity index (χ2n) is 3.73. The van der Waals surface area contributed by atoms with Gasteiger partial charge in [-0.2, -0.15) is 5.26 Å². The number of nitriles is 1. The summed E-state index contributed by atoms with van der Waals surface area (Å²) < 4.78 is 18.2. The Hall–Kier alpha value is -2.65. The fourth-order valence-corrected chi connectivity index (χ4v) is 1.70. The Balaban J connectivity index is 2.46. The summed E-state index contributed by atoms with van der Waals surface area (Å²) in [5, 5.41) is 19.7. The lowest BCUT2D eigenvalue weighted by Gasteiger charge is -2.08. The third kappa shape index (κ3) is 2.84. The molecule has 5 nitrogen and oxygen atoms in total. The molecule has 0 aliphatic carbocycles. The minimum Gasteiger partial charge on any atom is -0.449 e. The average molecular weight is 293 g/mol. The van der Waals surface area contributed by atoms with Crippen molar-refractivity contribution in [1.82, 2.24) is 0 Å². The number of benzene rings is 2. The van der Waals surface area contributed by atoms with E-state index in [0.717, 1.165) is 18.2 Å². The first-order chi connectivity index (χ1) is 9.51. The molecule has 0 fully saturated rings. The van der Waals surface area contributed by atoms with Crippen molar-refractivity contribution < 1.29 is 14.1 Å². The van der Waals surface area contributed by atoms with Crippen LogP contribution in [0.1, 0.15) is 5.56 Å². The molecule has 0 amide bonds. The molecule has 20 heavy (non-hydrogen) atoms. The van der Waals surface area contributed by atoms with Gasteiger partial charge in [0.1, 0.15) is 11.6 Å². The molecule has 0 aliphatic heterocycles. The molecule has 100 valence electrons. The lowest BCUT2D eigenvalue weighted by atomic mass is 10.2. The van der Waals surface area contributed by atoms with Crippen molar-refractivity contribution in [2.75, 3.05) is 0 Å². The fraction of sp³-hybridized carbons (Fsp3) is 0. The number of nitrogens with zero attached hydrogens (tertiary/aromatic N) is 2. The van der Waals surface area contributed by atoms with Crippen molar-refractivity contribution in [2.24, 2.45) is 0 Å². The lowest BCUT2D eigenvalue weighted by Crippen LogP contribution is -1.95. The van der Waals surface area contributed by atoms with Gasteiger partial charge in [-0.25, -0.2) is 4.39 Å². The van der Waals surface area contributed by atoms with Crippen LogP contribution in [0.3, 0.4) is 0 Å². The Morgan fingerprint density at radius 2 is 2.00 bits per heavy atom. The molecule has 2 aromatic rings. The van der Waals surface area contributed by atoms with Gasteiger partial charge in [0.15, 0.2) is 0 Å². The highest BCUT2D eigenvalue weighted by molar-refractivity contribution is 6.32. The quantitative estimate of drug-likeness (QED) is 0.631. The highest BCUT2D eigenvalue weighted by atomic mass is 35.5. The third-order valence-corrected chi connectivity index (χ3v) is 2.69. The van der Waals surface area contributed by atoms with Crippen LogP contribution in [0.4, 0.5) is 10.1 Å². The van der Waals surface area contributed by atoms with Crippen molar-refractivity contribution in [1.29, 1.82) is 5.26 Å². The van der Waals surface area contributed by atoms with E-state index >= 15 is 0 Å². The Labute approximate surface area is 117 Å². The van der Waals surface area contributed by atoms with E-state index in [2.05, 4.69) is 0 Å². The SMILES string of the molecule is N#Cc1ccc([N+](=O)[O-])c(Oc2ccc(F)cc2Cl)c1. The predicted octanol–water partition coefficient (Wildman–Crippen LogP) is 4.05. The molecule has 2 aromatic carbocycles. The molecule has 0 saturated heterocycles. The van der Waals surface area contributed by atoms with Gasteiger partial charge < -0.3 is 4.74 Å². The summed E-state index contributed by atoms with van der Waals surface area (Å²) in [7, 11) is 0. The van der Waals surface area contributed by atoms with Crippen LogP contribution in [-0.4, -0.2) is 4.92 Å². The molecular formula is C13H6ClFN2O3. The zero-order valence-corrected chi connectivity index (χ0v) is 10.6. The van der Waals surface area contributed by atoms with Crippen LogP contribution < -0.4 is 4.74 Å². The molecule has 0 N–H and O–H groups in total. The number of hydrogen-bond acceptors (Lipinski definition) is 4. The zero-order chi connectivity index (χ0) is 14.7. The smallest absolute Gasteiger partial charge is 0.311 e. The standard InChI is InChI=1S/C13H6ClFN2O3/c14-10-6-9(15)2-4-12(10)20-13-5-8(7-16)1-3-11(13)17(18)19/h1-6H. The number of hydrogen-bond donors (Lipinski definition) is 0. The molecule has 2 rings (SSSR count). The first-order valence-corrected chi connectivity index (χ1v) is 5.70. The molecule has 0 spiro atoms. The molecular weight excluding hydrogens is 287 g/mol. The van der Waals surface area contributed by atoms with Gasteiger partial charge in [-0.1, -0.05) is 11.6 Å². The molecule has 0 aliphatic rings. The minimum atomic E-state index is -0.645. The van der Waals surface area contributed by atoms with Crippen LogP contribution in [0.5, 0.6) is 11.5 Å². The van der Waals surface area contributed by atoms with Gasteiger partial charge in [0.25, 0.3) is 0 Å². The molecule has 7 heteroatoms. The minimum absolute atomic E-state index is 0.0262. The van der Waals surface area contributed by atoms with Crippen molar-refractivity contribution in [3.05, 3.63) is 62.9 Å². The maximum Gasteiger partial charge on any atom is 0.311 e. The van der Waals surface area contributed by atoms with Gasteiger partial charge in [0.2, 0.25) is 5.75 Å². The second kappa shape index (κ2) is 5.55. The van der Waals surface area contributed by atoms with Crippen molar-refractivity contribution in [3.63, 3.8) is 0 Å². The average Bonchev–Trinajstić information content (AvgIpc) is 2.41. The van der Waals surface area contributed by atoms with Crippen molar-refractivity contribution >= 4 is 17.3 Å². The van der Waals surface area contributed by atoms with E-state index in [1.807, 2.05) is 6.07 Å². The fourth-order valence-electron chi connectivity index (χ4n) is 1.49. The Morgan fingerprint density at radius 1 is 1.25 bits per heavy atom. The van der Waals surface area contributed by atoms with E-state index in [4.69, 9.17) is 21.6 Å². The lowest BCUT2D eigenvalue weighted by molar-refractivity contribution is -0.385. The highest BCUT2D eigenvalue weighted by Crippen LogP contribution is 2.35. The summed E-state index contributed by atoms with van der Waals surface area (Å²) in [4.78, 5) is 10.3. The van der Waals surface area contributed by atoms with Gasteiger partial charge in [-0.3, -0.25) is 10.1 Å². The summed E-state index contributed by atoms with van der Waals surface area (Å²) in [5.74, 6) is -0.628. The van der Waals surface area contributed by atoms with Crippen LogP contribution >= 0.6 is 11.6 Å². The van der Waals surface area contributed by atoms with Crippen LogP contribution in [0.25, 0.3) is 0 Å². The third-order valence-electron chi connectivity index (χ3n) is 2.40. The van der Waals surface area contributed by atoms with Crippen LogP contribution in [0, 0.1) is 27.3 Å². The largest absolute Gasteiger partial charge is 0.449 e. The maximum absolute atomic E-state index is 12.9. The molecule has 0 saturated carbocycles. The van der Waals surface area contributed by atoms with Crippen LogP contribution in [-0.2, 0) is 0 Å². The number of nitro benzene ring substituents is 1. The highest BCUT2D eigenvalue weighted by Gasteiger charge is 2.17. The molecule has 0 unspecified atom stereocenters. The van der Waals surface area contributed by atoms with Gasteiger partial charge >= 0.3 is 5.69 Å². The maximum atomic E-state index is 12.9. The Morgan fingerprint density at radius 3 is 2.60 bits per heavy atom. The summed E-state index contributed by atoms with van der Waals surface area (Å²) in [6, 6.07) is 8.92. The predicted molar refractivity (Wildman–Crippen MR) is 69.3 cm³/mol. The van der Waals surface area contributed by atoms with E-state index in [0.29, 0.717) is 0 Å². The van der Waals surface area contributed by atoms with Gasteiger partial charge in [0, 0.05) is 12.1 Å². The van der Waals surface area contributed by atoms with E-state index in [-0.39, 0.29) is 27.8 Å². The van der Waals surface area contributed by atoms with E-state index in [9.17, 15) is 14.5 Å². The van der Waals surface area contributed by atoms with Crippen molar-refractivity contribution in [3.8, 4) is 17.6 Å². The van der Waals surface area contributed by atoms with Gasteiger partial charge in [-0.15, -0.1) is 0 Å². The molecule has 0 atom stereocenters. The van der Waals surface area contributed by atoms with Crippen LogP contribution in [0.15, 0.2) is 36.4 Å². The normalized spacial score (nSPS) is 9.85. The molecule has 0 heterocycles. The van der Waals surface area contributed by atoms with E-state index < -0.39 is 10.7 Å². The number of rotatable bonds is 3. The molecule has 0 aromatic heterocycles. The zero-order valence-electron chi connectivity index (χ0n) is 9.84. The summed E-state index contributed by atoms with van der Waals surface area (Å²) >= 11 is 5.79. The Kier molecular flexibility index (Phi) is 3.82. The van der Waals surface area contributed by atoms with E-state index in [1.54, 1.807) is 0 Å². The molecule has 0 bridgehead atoms. The summed E-state index contributed by atoms with van der Waals surface area (Å²) in [5.41, 5.74) is -0.117. The molecule has 0 radical (unpaired) electrons. The summed E-state index contributed by atoms with van der Waals surface area (Å²) in [6.45, 7) is 0. The number of nitro groups is 1. The number of halogens is 2. The monoisotopic (exact) mass is 292 g/mol. The first kappa shape index (κ1) is 13.8. The van der Waals surface area contributed by atoms with Crippen LogP contribution in [0.2, 0.25) is 5.02 Å². The summed E-state index contributed by atoms with van der Waals surface area (Å²) in [6.07, 6.45) is 0. The second-order valence-corrected chi connectivity index (χ2v) is 4.14. The van der Waals surface area contributed by atoms with E-state index in [1.165, 1.54) is 18.2 Å².